The third kappa shape index (κ3) is 12.0. The second-order valence-electron chi connectivity index (χ2n) is 18.8. The summed E-state index contributed by atoms with van der Waals surface area (Å²) in [6, 6.07) is 17.9. The number of aromatic nitrogens is 2. The molecule has 5 atom stereocenters. The Hall–Kier alpha value is -5.70. The number of carbonyl (C=O) groups excluding carboxylic acids is 5. The van der Waals surface area contributed by atoms with Gasteiger partial charge in [-0.1, -0.05) is 64.6 Å². The zero-order valence-corrected chi connectivity index (χ0v) is 40.6. The van der Waals surface area contributed by atoms with Crippen LogP contribution in [-0.4, -0.2) is 120 Å². The maximum atomic E-state index is 14.0. The highest BCUT2D eigenvalue weighted by Crippen LogP contribution is 2.42. The Morgan fingerprint density at radius 2 is 1.79 bits per heavy atom. The zero-order chi connectivity index (χ0) is 48.3. The van der Waals surface area contributed by atoms with Crippen LogP contribution in [-0.2, 0) is 52.8 Å². The Bertz CT molecular complexity index is 2320. The monoisotopic (exact) mass is 906 g/mol. The van der Waals surface area contributed by atoms with Crippen molar-refractivity contribution in [2.45, 2.75) is 105 Å². The second-order valence-corrected chi connectivity index (χ2v) is 18.8. The van der Waals surface area contributed by atoms with Crippen molar-refractivity contribution in [1.82, 2.24) is 35.1 Å². The number of methoxy groups -OCH3 is 1. The van der Waals surface area contributed by atoms with E-state index >= 15 is 0 Å². The van der Waals surface area contributed by atoms with Gasteiger partial charge in [0.05, 0.1) is 36.1 Å². The molecule has 0 spiro atoms. The molecule has 6 rings (SSSR count). The van der Waals surface area contributed by atoms with Gasteiger partial charge in [-0.3, -0.25) is 34.1 Å². The lowest BCUT2D eigenvalue weighted by Gasteiger charge is -2.43. The number of likely N-dealkylation sites (N-methyl/N-ethyl adjacent to an activating group) is 1. The average molecular weight is 906 g/mol. The van der Waals surface area contributed by atoms with Gasteiger partial charge in [0.2, 0.25) is 11.8 Å². The van der Waals surface area contributed by atoms with Crippen LogP contribution in [0.2, 0.25) is 0 Å². The molecule has 2 saturated heterocycles. The van der Waals surface area contributed by atoms with Gasteiger partial charge < -0.3 is 29.1 Å². The van der Waals surface area contributed by atoms with Gasteiger partial charge in [0.15, 0.2) is 0 Å². The first-order valence-corrected chi connectivity index (χ1v) is 23.2. The predicted molar refractivity (Wildman–Crippen MR) is 259 cm³/mol. The Morgan fingerprint density at radius 3 is 2.39 bits per heavy atom. The Labute approximate surface area is 391 Å². The lowest BCUT2D eigenvalue weighted by atomic mass is 9.84. The van der Waals surface area contributed by atoms with Gasteiger partial charge in [-0.25, -0.2) is 5.43 Å². The van der Waals surface area contributed by atoms with Crippen molar-refractivity contribution in [2.75, 3.05) is 47.4 Å². The molecule has 2 aliphatic heterocycles. The molecule has 14 heteroatoms. The van der Waals surface area contributed by atoms with Crippen LogP contribution in [0.25, 0.3) is 33.3 Å². The summed E-state index contributed by atoms with van der Waals surface area (Å²) in [6.07, 6.45) is 6.69. The van der Waals surface area contributed by atoms with E-state index in [1.165, 1.54) is 6.08 Å². The Morgan fingerprint density at radius 1 is 1.05 bits per heavy atom. The molecule has 0 saturated carbocycles. The Kier molecular flexibility index (Phi) is 18.0. The number of nitrogens with zero attached hydrogens (tertiary/aromatic N) is 5. The zero-order valence-electron chi connectivity index (χ0n) is 40.6. The molecule has 14 nitrogen and oxygen atoms in total. The van der Waals surface area contributed by atoms with Crippen LogP contribution >= 0.6 is 0 Å². The van der Waals surface area contributed by atoms with Crippen LogP contribution < -0.4 is 10.7 Å². The lowest BCUT2D eigenvalue weighted by Crippen LogP contribution is -2.58. The minimum Gasteiger partial charge on any atom is -0.467 e. The number of carbonyl (C=O) groups is 5. The largest absolute Gasteiger partial charge is 0.467 e. The number of amides is 3. The fraction of sp³-hybridized carbons (Fsp3) is 0.500. The van der Waals surface area contributed by atoms with Gasteiger partial charge in [-0.15, -0.1) is 0 Å². The number of aldehydes is 1. The van der Waals surface area contributed by atoms with E-state index in [9.17, 15) is 24.0 Å². The number of pyridine rings is 1. The number of benzene rings is 2. The number of likely N-dealkylation sites (tertiary alicyclic amines) is 1. The summed E-state index contributed by atoms with van der Waals surface area (Å²) in [5, 5.41) is 5.92. The minimum atomic E-state index is -0.733. The number of hydrazine groups is 1. The summed E-state index contributed by atoms with van der Waals surface area (Å²) >= 11 is 0. The first-order valence-electron chi connectivity index (χ1n) is 23.2. The van der Waals surface area contributed by atoms with E-state index in [0.29, 0.717) is 32.4 Å². The first-order chi connectivity index (χ1) is 31.5. The number of fused-ring (bicyclic) bond motifs is 1. The molecule has 5 unspecified atom stereocenters. The summed E-state index contributed by atoms with van der Waals surface area (Å²) in [6.45, 7) is 21.1. The first kappa shape index (κ1) is 51.3. The van der Waals surface area contributed by atoms with Crippen LogP contribution in [0.3, 0.4) is 0 Å². The van der Waals surface area contributed by atoms with E-state index in [2.05, 4.69) is 79.1 Å². The molecule has 3 amide bonds. The maximum Gasteiger partial charge on any atom is 0.293 e. The number of ether oxygens (including phenoxy) is 2. The standard InChI is InChI=1S/C44H60N6O5.C8H11NO2/c1-10-49-38-19-18-33(25-35(38)36(26-44(5,6)27-55-28-51)41(49)34-17-14-20-45-39(34)30(4)54-9)32-16-13-15-31(23-32)24-37(43(53)50-22-12-11-21-46-50)47-42(52)40(29(2)3)48(7)8;1-3-8(11)9-4-7(5-10)6(9)2/h13-20,23,25,28-30,37,40,46H,10-12,21-22,24,26-27H2,1-9H3,(H,47,52);3,5-7H,1,4H2,2H3. The number of rotatable bonds is 19. The molecule has 2 aromatic carbocycles. The van der Waals surface area contributed by atoms with Gasteiger partial charge in [0.1, 0.15) is 12.3 Å². The quantitative estimate of drug-likeness (QED) is 0.0759. The molecule has 0 aliphatic carbocycles. The molecule has 2 aliphatic rings. The normalized spacial score (nSPS) is 17.6. The van der Waals surface area contributed by atoms with Crippen molar-refractivity contribution in [3.8, 4) is 22.4 Å². The number of aryl methyl sites for hydroxylation is 1. The van der Waals surface area contributed by atoms with Crippen molar-refractivity contribution < 1.29 is 33.4 Å². The number of nitrogens with one attached hydrogen (secondary N) is 2. The number of hydrogen-bond acceptors (Lipinski definition) is 10. The van der Waals surface area contributed by atoms with Crippen LogP contribution in [0, 0.1) is 17.3 Å². The average Bonchev–Trinajstić information content (AvgIpc) is 3.61. The van der Waals surface area contributed by atoms with E-state index in [4.69, 9.17) is 14.5 Å². The van der Waals surface area contributed by atoms with E-state index < -0.39 is 6.04 Å². The summed E-state index contributed by atoms with van der Waals surface area (Å²) in [7, 11) is 5.49. The molecule has 2 aromatic heterocycles. The third-order valence-electron chi connectivity index (χ3n) is 12.8. The van der Waals surface area contributed by atoms with Crippen molar-refractivity contribution in [1.29, 1.82) is 0 Å². The Balaban J connectivity index is 0.000000649. The highest BCUT2D eigenvalue weighted by Gasteiger charge is 2.37. The van der Waals surface area contributed by atoms with Crippen LogP contribution in [0.5, 0.6) is 0 Å². The summed E-state index contributed by atoms with van der Waals surface area (Å²) in [4.78, 5) is 68.5. The minimum absolute atomic E-state index is 0.0268. The molecule has 4 aromatic rings. The fourth-order valence-electron chi connectivity index (χ4n) is 9.23. The van der Waals surface area contributed by atoms with Crippen LogP contribution in [0.4, 0.5) is 0 Å². The van der Waals surface area contributed by atoms with E-state index in [-0.39, 0.29) is 59.8 Å². The van der Waals surface area contributed by atoms with Crippen molar-refractivity contribution >= 4 is 41.4 Å². The SMILES string of the molecule is C=CC(=O)N1CC(C=O)C1C.CCn1c(-c2cccnc2C(C)OC)c(CC(C)(C)COC=O)c2cc(-c3cccc(CC(NC(=O)C(C(C)C)N(C)C)C(=O)N4CCCCN4)c3)ccc21. The fourth-order valence-corrected chi connectivity index (χ4v) is 9.23. The van der Waals surface area contributed by atoms with E-state index in [1.807, 2.05) is 64.9 Å². The van der Waals surface area contributed by atoms with Gasteiger partial charge in [0.25, 0.3) is 12.4 Å². The number of hydrogen-bond donors (Lipinski definition) is 2. The van der Waals surface area contributed by atoms with Gasteiger partial charge in [0, 0.05) is 73.8 Å². The van der Waals surface area contributed by atoms with Crippen molar-refractivity contribution in [3.63, 3.8) is 0 Å². The second kappa shape index (κ2) is 23.2. The molecular formula is C52H71N7O7. The summed E-state index contributed by atoms with van der Waals surface area (Å²) in [5.74, 6) is -0.271. The third-order valence-corrected chi connectivity index (χ3v) is 12.8. The highest BCUT2D eigenvalue weighted by atomic mass is 16.5. The van der Waals surface area contributed by atoms with E-state index in [0.717, 1.165) is 82.3 Å². The predicted octanol–water partition coefficient (Wildman–Crippen LogP) is 6.80. The van der Waals surface area contributed by atoms with Gasteiger partial charge in [-0.2, -0.15) is 0 Å². The maximum absolute atomic E-state index is 14.0. The molecule has 2 N–H and O–H groups in total. The van der Waals surface area contributed by atoms with Crippen molar-refractivity contribution in [2.24, 2.45) is 17.3 Å². The van der Waals surface area contributed by atoms with Gasteiger partial charge in [-0.05, 0) is 113 Å². The molecule has 66 heavy (non-hydrogen) atoms. The summed E-state index contributed by atoms with van der Waals surface area (Å²) in [5.41, 5.74) is 11.1. The molecule has 0 bridgehead atoms. The molecule has 0 radical (unpaired) electrons. The summed E-state index contributed by atoms with van der Waals surface area (Å²) < 4.78 is 13.4. The van der Waals surface area contributed by atoms with Crippen molar-refractivity contribution in [3.05, 3.63) is 90.3 Å². The van der Waals surface area contributed by atoms with E-state index in [1.54, 1.807) is 23.2 Å². The van der Waals surface area contributed by atoms with Gasteiger partial charge >= 0.3 is 0 Å². The van der Waals surface area contributed by atoms with Crippen LogP contribution in [0.15, 0.2) is 73.4 Å². The topological polar surface area (TPSA) is 155 Å². The molecule has 356 valence electrons. The van der Waals surface area contributed by atoms with Crippen LogP contribution in [0.1, 0.15) is 84.2 Å². The lowest BCUT2D eigenvalue weighted by molar-refractivity contribution is -0.141. The smallest absolute Gasteiger partial charge is 0.293 e. The highest BCUT2D eigenvalue weighted by molar-refractivity contribution is 5.95. The molecule has 4 heterocycles. The molecule has 2 fully saturated rings. The molecular weight excluding hydrogens is 835 g/mol.